The summed E-state index contributed by atoms with van der Waals surface area (Å²) in [5.41, 5.74) is 1.78. The second-order valence-corrected chi connectivity index (χ2v) is 7.39. The lowest BCUT2D eigenvalue weighted by Crippen LogP contribution is -2.48. The van der Waals surface area contributed by atoms with Crippen LogP contribution in [0, 0.1) is 5.92 Å². The number of hydrogen-bond donors (Lipinski definition) is 1. The molecule has 2 aliphatic rings. The van der Waals surface area contributed by atoms with E-state index in [0.29, 0.717) is 37.2 Å². The van der Waals surface area contributed by atoms with E-state index in [-0.39, 0.29) is 31.7 Å². The van der Waals surface area contributed by atoms with E-state index in [4.69, 9.17) is 14.2 Å². The van der Waals surface area contributed by atoms with Gasteiger partial charge in [-0.05, 0) is 30.4 Å². The smallest absolute Gasteiger partial charge is 0.471 e. The van der Waals surface area contributed by atoms with E-state index in [9.17, 15) is 22.8 Å². The molecule has 1 aromatic rings. The minimum Gasteiger partial charge on any atom is -0.493 e. The number of piperidine rings is 1. The van der Waals surface area contributed by atoms with Crippen molar-refractivity contribution in [3.8, 4) is 11.5 Å². The Balaban J connectivity index is 1.79. The number of nitrogens with one attached hydrogen (secondary N) is 1. The molecule has 10 heteroatoms. The van der Waals surface area contributed by atoms with Crippen LogP contribution >= 0.6 is 0 Å². The van der Waals surface area contributed by atoms with Gasteiger partial charge in [-0.2, -0.15) is 13.2 Å². The van der Waals surface area contributed by atoms with Crippen molar-refractivity contribution in [2.24, 2.45) is 5.92 Å². The van der Waals surface area contributed by atoms with E-state index in [2.05, 4.69) is 5.32 Å². The first-order valence-corrected chi connectivity index (χ1v) is 9.72. The van der Waals surface area contributed by atoms with Crippen LogP contribution in [0.5, 0.6) is 11.5 Å². The van der Waals surface area contributed by atoms with Crippen LogP contribution < -0.4 is 14.8 Å². The summed E-state index contributed by atoms with van der Waals surface area (Å²) in [5, 5.41) is 2.63. The Hall–Kier alpha value is -2.49. The average Bonchev–Trinajstić information content (AvgIpc) is 2.75. The van der Waals surface area contributed by atoms with Gasteiger partial charge in [-0.25, -0.2) is 0 Å². The molecule has 2 atom stereocenters. The normalized spacial score (nSPS) is 22.2. The highest BCUT2D eigenvalue weighted by Crippen LogP contribution is 2.43. The predicted molar refractivity (Wildman–Crippen MR) is 100 cm³/mol. The van der Waals surface area contributed by atoms with E-state index in [1.807, 2.05) is 6.07 Å². The summed E-state index contributed by atoms with van der Waals surface area (Å²) in [6.45, 7) is 0.318. The van der Waals surface area contributed by atoms with Gasteiger partial charge in [0, 0.05) is 31.6 Å². The zero-order valence-electron chi connectivity index (χ0n) is 16.8. The number of carbonyl (C=O) groups excluding carboxylic acids is 2. The molecule has 0 aliphatic carbocycles. The number of nitrogens with zero attached hydrogens (tertiary/aromatic N) is 1. The molecule has 2 aliphatic heterocycles. The van der Waals surface area contributed by atoms with Crippen LogP contribution in [0.15, 0.2) is 12.1 Å². The van der Waals surface area contributed by atoms with Gasteiger partial charge in [-0.15, -0.1) is 0 Å². The first-order valence-electron chi connectivity index (χ1n) is 9.72. The van der Waals surface area contributed by atoms with Crippen molar-refractivity contribution < 1.29 is 37.0 Å². The van der Waals surface area contributed by atoms with Crippen LogP contribution in [0.3, 0.4) is 0 Å². The lowest BCUT2D eigenvalue weighted by atomic mass is 9.83. The third-order valence-electron chi connectivity index (χ3n) is 5.76. The van der Waals surface area contributed by atoms with Gasteiger partial charge in [0.1, 0.15) is 6.10 Å². The molecule has 0 spiro atoms. The first-order chi connectivity index (χ1) is 14.3. The molecule has 166 valence electrons. The average molecular weight is 430 g/mol. The zero-order chi connectivity index (χ0) is 21.9. The van der Waals surface area contributed by atoms with Crippen molar-refractivity contribution in [1.82, 2.24) is 10.2 Å². The van der Waals surface area contributed by atoms with Crippen LogP contribution in [-0.4, -0.2) is 63.4 Å². The fourth-order valence-corrected chi connectivity index (χ4v) is 4.30. The summed E-state index contributed by atoms with van der Waals surface area (Å²) in [7, 11) is 3.09. The summed E-state index contributed by atoms with van der Waals surface area (Å²) >= 11 is 0. The summed E-state index contributed by atoms with van der Waals surface area (Å²) in [5.74, 6) is -0.658. The highest BCUT2D eigenvalue weighted by Gasteiger charge is 2.44. The summed E-state index contributed by atoms with van der Waals surface area (Å²) < 4.78 is 55.3. The SMILES string of the molecule is COc1ccc2c(c1OC)CC(C1CCN(C(=O)C(F)(F)F)CC1)OC2CNC=O. The Labute approximate surface area is 172 Å². The monoisotopic (exact) mass is 430 g/mol. The minimum atomic E-state index is -4.86. The fraction of sp³-hybridized carbons (Fsp3) is 0.600. The van der Waals surface area contributed by atoms with E-state index in [1.165, 1.54) is 0 Å². The number of amides is 2. The van der Waals surface area contributed by atoms with Crippen molar-refractivity contribution in [3.63, 3.8) is 0 Å². The first kappa shape index (κ1) is 22.2. The van der Waals surface area contributed by atoms with E-state index in [0.717, 1.165) is 16.0 Å². The maximum Gasteiger partial charge on any atom is 0.471 e. The molecule has 30 heavy (non-hydrogen) atoms. The molecule has 1 saturated heterocycles. The lowest BCUT2D eigenvalue weighted by Gasteiger charge is -2.41. The molecular formula is C20H25F3N2O5. The third-order valence-corrected chi connectivity index (χ3v) is 5.76. The summed E-state index contributed by atoms with van der Waals surface area (Å²) in [4.78, 5) is 23.1. The number of ether oxygens (including phenoxy) is 3. The summed E-state index contributed by atoms with van der Waals surface area (Å²) in [6.07, 6.45) is -3.65. The van der Waals surface area contributed by atoms with Gasteiger partial charge in [-0.3, -0.25) is 9.59 Å². The maximum atomic E-state index is 12.7. The highest BCUT2D eigenvalue weighted by atomic mass is 19.4. The van der Waals surface area contributed by atoms with Crippen LogP contribution in [-0.2, 0) is 20.7 Å². The molecule has 3 rings (SSSR count). The van der Waals surface area contributed by atoms with Crippen LogP contribution in [0.4, 0.5) is 13.2 Å². The van der Waals surface area contributed by atoms with E-state index < -0.39 is 18.2 Å². The minimum absolute atomic E-state index is 0.0231. The van der Waals surface area contributed by atoms with Crippen molar-refractivity contribution in [2.75, 3.05) is 33.9 Å². The van der Waals surface area contributed by atoms with Gasteiger partial charge in [0.2, 0.25) is 6.41 Å². The number of halogens is 3. The molecule has 2 heterocycles. The molecule has 1 aromatic carbocycles. The molecule has 0 aromatic heterocycles. The largest absolute Gasteiger partial charge is 0.493 e. The Morgan fingerprint density at radius 3 is 2.53 bits per heavy atom. The molecular weight excluding hydrogens is 405 g/mol. The quantitative estimate of drug-likeness (QED) is 0.701. The Morgan fingerprint density at radius 2 is 1.97 bits per heavy atom. The van der Waals surface area contributed by atoms with Crippen LogP contribution in [0.25, 0.3) is 0 Å². The summed E-state index contributed by atoms with van der Waals surface area (Å²) in [6, 6.07) is 3.64. The van der Waals surface area contributed by atoms with Crippen LogP contribution in [0.1, 0.15) is 30.1 Å². The van der Waals surface area contributed by atoms with Gasteiger partial charge in [0.05, 0.1) is 20.3 Å². The number of hydrogen-bond acceptors (Lipinski definition) is 5. The van der Waals surface area contributed by atoms with Crippen molar-refractivity contribution in [1.29, 1.82) is 0 Å². The standard InChI is InChI=1S/C20H25F3N2O5/c1-28-15-4-3-13-14(18(15)29-2)9-16(30-17(13)10-24-11-26)12-5-7-25(8-6-12)19(27)20(21,22)23/h3-4,11-12,16-17H,5-10H2,1-2H3,(H,24,26). The van der Waals surface area contributed by atoms with Crippen molar-refractivity contribution in [3.05, 3.63) is 23.3 Å². The predicted octanol–water partition coefficient (Wildman–Crippen LogP) is 2.23. The number of alkyl halides is 3. The molecule has 0 bridgehead atoms. The van der Waals surface area contributed by atoms with E-state index >= 15 is 0 Å². The number of benzene rings is 1. The molecule has 7 nitrogen and oxygen atoms in total. The van der Waals surface area contributed by atoms with Gasteiger partial charge in [0.25, 0.3) is 0 Å². The van der Waals surface area contributed by atoms with Crippen LogP contribution in [0.2, 0.25) is 0 Å². The maximum absolute atomic E-state index is 12.7. The second kappa shape index (κ2) is 9.11. The molecule has 1 N–H and O–H groups in total. The Bertz CT molecular complexity index is 778. The van der Waals surface area contributed by atoms with Gasteiger partial charge >= 0.3 is 12.1 Å². The second-order valence-electron chi connectivity index (χ2n) is 7.39. The number of methoxy groups -OCH3 is 2. The highest BCUT2D eigenvalue weighted by molar-refractivity contribution is 5.81. The van der Waals surface area contributed by atoms with Crippen molar-refractivity contribution in [2.45, 2.75) is 37.6 Å². The Kier molecular flexibility index (Phi) is 6.74. The van der Waals surface area contributed by atoms with Gasteiger partial charge in [0.15, 0.2) is 11.5 Å². The molecule has 0 saturated carbocycles. The van der Waals surface area contributed by atoms with Crippen molar-refractivity contribution >= 4 is 12.3 Å². The molecule has 2 unspecified atom stereocenters. The molecule has 2 amide bonds. The number of likely N-dealkylation sites (tertiary alicyclic amines) is 1. The zero-order valence-corrected chi connectivity index (χ0v) is 16.8. The number of fused-ring (bicyclic) bond motifs is 1. The number of carbonyl (C=O) groups is 2. The number of rotatable bonds is 6. The molecule has 0 radical (unpaired) electrons. The third kappa shape index (κ3) is 4.48. The fourth-order valence-electron chi connectivity index (χ4n) is 4.30. The van der Waals surface area contributed by atoms with Gasteiger partial charge < -0.3 is 24.4 Å². The molecule has 1 fully saturated rings. The topological polar surface area (TPSA) is 77.1 Å². The lowest BCUT2D eigenvalue weighted by molar-refractivity contribution is -0.187. The van der Waals surface area contributed by atoms with E-state index in [1.54, 1.807) is 20.3 Å². The van der Waals surface area contributed by atoms with Gasteiger partial charge in [-0.1, -0.05) is 6.07 Å². The Morgan fingerprint density at radius 1 is 1.27 bits per heavy atom.